The Morgan fingerprint density at radius 2 is 1.82 bits per heavy atom. The Balaban J connectivity index is 1.51. The third kappa shape index (κ3) is 3.32. The SMILES string of the molecule is CC(C)CCC[C@@H](C)[C@H]1CC[C@H]2[C@@H]3CC(O)C4=CCCC[C@]4(C)[C@H]3CC[C@]12C. The van der Waals surface area contributed by atoms with Gasteiger partial charge in [-0.05, 0) is 103 Å². The first-order valence-corrected chi connectivity index (χ1v) is 12.7. The van der Waals surface area contributed by atoms with Gasteiger partial charge in [0, 0.05) is 0 Å². The molecule has 1 unspecified atom stereocenters. The van der Waals surface area contributed by atoms with E-state index in [0.29, 0.717) is 10.8 Å². The Bertz CT molecular complexity index is 591. The highest BCUT2D eigenvalue weighted by Crippen LogP contribution is 2.67. The molecule has 0 amide bonds. The number of allylic oxidation sites excluding steroid dienone is 1. The molecular weight excluding hydrogens is 340 g/mol. The lowest BCUT2D eigenvalue weighted by Crippen LogP contribution is -2.53. The predicted molar refractivity (Wildman–Crippen MR) is 119 cm³/mol. The smallest absolute Gasteiger partial charge is 0.0758 e. The first-order valence-electron chi connectivity index (χ1n) is 12.7. The quantitative estimate of drug-likeness (QED) is 0.488. The molecule has 1 N–H and O–H groups in total. The fourth-order valence-electron chi connectivity index (χ4n) is 8.84. The molecule has 4 aliphatic rings. The number of hydrogen-bond donors (Lipinski definition) is 1. The summed E-state index contributed by atoms with van der Waals surface area (Å²) in [5.41, 5.74) is 2.26. The first-order chi connectivity index (χ1) is 13.3. The van der Waals surface area contributed by atoms with Crippen LogP contribution in [-0.2, 0) is 0 Å². The summed E-state index contributed by atoms with van der Waals surface area (Å²) in [5.74, 6) is 5.09. The number of fused-ring (bicyclic) bond motifs is 5. The molecule has 0 aliphatic heterocycles. The molecule has 0 heterocycles. The molecule has 1 heteroatoms. The lowest BCUT2D eigenvalue weighted by Gasteiger charge is -2.59. The molecule has 3 fully saturated rings. The van der Waals surface area contributed by atoms with Crippen molar-refractivity contribution in [2.75, 3.05) is 0 Å². The van der Waals surface area contributed by atoms with Crippen molar-refractivity contribution in [1.29, 1.82) is 0 Å². The maximum absolute atomic E-state index is 11.1. The first kappa shape index (κ1) is 21.0. The zero-order chi connectivity index (χ0) is 20.1. The standard InChI is InChI=1S/C27H46O/c1-18(2)9-8-10-19(3)21-12-13-22-20-17-25(28)24-11-6-7-15-26(24,4)23(20)14-16-27(21,22)5/h11,18-23,25,28H,6-10,12-17H2,1-5H3/t19-,20+,21-,22+,23+,25?,26-,27-/m1/s1. The van der Waals surface area contributed by atoms with Crippen LogP contribution < -0.4 is 0 Å². The van der Waals surface area contributed by atoms with Crippen LogP contribution in [0.4, 0.5) is 0 Å². The van der Waals surface area contributed by atoms with Crippen molar-refractivity contribution >= 4 is 0 Å². The second-order valence-corrected chi connectivity index (χ2v) is 12.1. The number of rotatable bonds is 5. The van der Waals surface area contributed by atoms with Crippen LogP contribution in [0, 0.1) is 46.3 Å². The van der Waals surface area contributed by atoms with E-state index in [4.69, 9.17) is 0 Å². The summed E-state index contributed by atoms with van der Waals surface area (Å²) in [4.78, 5) is 0. The fourth-order valence-corrected chi connectivity index (χ4v) is 8.84. The van der Waals surface area contributed by atoms with Gasteiger partial charge in [0.05, 0.1) is 6.10 Å². The zero-order valence-corrected chi connectivity index (χ0v) is 19.3. The van der Waals surface area contributed by atoms with Crippen molar-refractivity contribution in [3.05, 3.63) is 11.6 Å². The van der Waals surface area contributed by atoms with Gasteiger partial charge in [-0.1, -0.05) is 60.0 Å². The van der Waals surface area contributed by atoms with Gasteiger partial charge in [-0.15, -0.1) is 0 Å². The van der Waals surface area contributed by atoms with E-state index in [2.05, 4.69) is 40.7 Å². The van der Waals surface area contributed by atoms with E-state index in [1.165, 1.54) is 69.8 Å². The van der Waals surface area contributed by atoms with E-state index in [0.717, 1.165) is 41.9 Å². The molecule has 4 aliphatic carbocycles. The van der Waals surface area contributed by atoms with Crippen molar-refractivity contribution in [2.24, 2.45) is 46.3 Å². The summed E-state index contributed by atoms with van der Waals surface area (Å²) in [6.07, 6.45) is 17.1. The van der Waals surface area contributed by atoms with Crippen molar-refractivity contribution in [1.82, 2.24) is 0 Å². The highest BCUT2D eigenvalue weighted by atomic mass is 16.3. The highest BCUT2D eigenvalue weighted by molar-refractivity contribution is 5.27. The molecule has 4 rings (SSSR count). The van der Waals surface area contributed by atoms with Crippen LogP contribution in [0.2, 0.25) is 0 Å². The molecule has 160 valence electrons. The van der Waals surface area contributed by atoms with Crippen LogP contribution in [0.5, 0.6) is 0 Å². The van der Waals surface area contributed by atoms with Crippen molar-refractivity contribution in [3.8, 4) is 0 Å². The van der Waals surface area contributed by atoms with Gasteiger partial charge in [0.15, 0.2) is 0 Å². The third-order valence-electron chi connectivity index (χ3n) is 10.2. The van der Waals surface area contributed by atoms with E-state index in [-0.39, 0.29) is 6.10 Å². The van der Waals surface area contributed by atoms with E-state index in [1.807, 2.05) is 0 Å². The molecule has 0 spiro atoms. The molecule has 0 aromatic heterocycles. The van der Waals surface area contributed by atoms with Gasteiger partial charge in [-0.2, -0.15) is 0 Å². The fraction of sp³-hybridized carbons (Fsp3) is 0.926. The van der Waals surface area contributed by atoms with E-state index < -0.39 is 0 Å². The molecular formula is C27H46O. The van der Waals surface area contributed by atoms with Crippen LogP contribution >= 0.6 is 0 Å². The highest BCUT2D eigenvalue weighted by Gasteiger charge is 2.60. The average Bonchev–Trinajstić information content (AvgIpc) is 2.99. The van der Waals surface area contributed by atoms with Crippen LogP contribution in [0.3, 0.4) is 0 Å². The van der Waals surface area contributed by atoms with Gasteiger partial charge in [0.2, 0.25) is 0 Å². The third-order valence-corrected chi connectivity index (χ3v) is 10.2. The number of aliphatic hydroxyl groups excluding tert-OH is 1. The van der Waals surface area contributed by atoms with Crippen LogP contribution in [-0.4, -0.2) is 11.2 Å². The van der Waals surface area contributed by atoms with Crippen molar-refractivity contribution < 1.29 is 5.11 Å². The molecule has 0 saturated heterocycles. The second-order valence-electron chi connectivity index (χ2n) is 12.1. The number of aliphatic hydroxyl groups is 1. The van der Waals surface area contributed by atoms with E-state index in [1.54, 1.807) is 0 Å². The lowest BCUT2D eigenvalue weighted by molar-refractivity contribution is -0.0839. The summed E-state index contributed by atoms with van der Waals surface area (Å²) >= 11 is 0. The average molecular weight is 387 g/mol. The summed E-state index contributed by atoms with van der Waals surface area (Å²) < 4.78 is 0. The molecule has 0 aromatic rings. The normalized spacial score (nSPS) is 46.5. The minimum Gasteiger partial charge on any atom is -0.389 e. The van der Waals surface area contributed by atoms with Gasteiger partial charge in [0.25, 0.3) is 0 Å². The van der Waals surface area contributed by atoms with Crippen LogP contribution in [0.25, 0.3) is 0 Å². The summed E-state index contributed by atoms with van der Waals surface area (Å²) in [6.45, 7) is 12.5. The van der Waals surface area contributed by atoms with Crippen molar-refractivity contribution in [3.63, 3.8) is 0 Å². The minimum atomic E-state index is -0.156. The zero-order valence-electron chi connectivity index (χ0n) is 19.3. The molecule has 8 atom stereocenters. The summed E-state index contributed by atoms with van der Waals surface area (Å²) in [7, 11) is 0. The van der Waals surface area contributed by atoms with E-state index >= 15 is 0 Å². The van der Waals surface area contributed by atoms with Crippen LogP contribution in [0.1, 0.15) is 105 Å². The predicted octanol–water partition coefficient (Wildman–Crippen LogP) is 7.39. The largest absolute Gasteiger partial charge is 0.389 e. The Morgan fingerprint density at radius 1 is 1.04 bits per heavy atom. The van der Waals surface area contributed by atoms with Gasteiger partial charge >= 0.3 is 0 Å². The van der Waals surface area contributed by atoms with Gasteiger partial charge in [-0.25, -0.2) is 0 Å². The Kier molecular flexibility index (Phi) is 5.80. The molecule has 0 radical (unpaired) electrons. The van der Waals surface area contributed by atoms with Gasteiger partial charge in [0.1, 0.15) is 0 Å². The Morgan fingerprint density at radius 3 is 2.57 bits per heavy atom. The van der Waals surface area contributed by atoms with Gasteiger partial charge < -0.3 is 5.11 Å². The molecule has 0 bridgehead atoms. The molecule has 0 aromatic carbocycles. The van der Waals surface area contributed by atoms with Gasteiger partial charge in [-0.3, -0.25) is 0 Å². The monoisotopic (exact) mass is 386 g/mol. The second kappa shape index (κ2) is 7.75. The maximum Gasteiger partial charge on any atom is 0.0758 e. The summed E-state index contributed by atoms with van der Waals surface area (Å²) in [5, 5.41) is 11.1. The Labute approximate surface area is 174 Å². The topological polar surface area (TPSA) is 20.2 Å². The lowest BCUT2D eigenvalue weighted by atomic mass is 9.46. The minimum absolute atomic E-state index is 0.156. The summed E-state index contributed by atoms with van der Waals surface area (Å²) in [6, 6.07) is 0. The molecule has 28 heavy (non-hydrogen) atoms. The van der Waals surface area contributed by atoms with Crippen molar-refractivity contribution in [2.45, 2.75) is 111 Å². The Hall–Kier alpha value is -0.300. The maximum atomic E-state index is 11.1. The van der Waals surface area contributed by atoms with E-state index in [9.17, 15) is 5.11 Å². The number of hydrogen-bond acceptors (Lipinski definition) is 1. The molecule has 1 nitrogen and oxygen atoms in total. The van der Waals surface area contributed by atoms with Crippen LogP contribution in [0.15, 0.2) is 11.6 Å². The molecule has 3 saturated carbocycles.